The van der Waals surface area contributed by atoms with Crippen molar-refractivity contribution in [2.45, 2.75) is 31.3 Å². The molecule has 0 fully saturated rings. The van der Waals surface area contributed by atoms with Gasteiger partial charge in [0.25, 0.3) is 5.91 Å². The van der Waals surface area contributed by atoms with Gasteiger partial charge in [-0.3, -0.25) is 4.79 Å². The number of rotatable bonds is 6. The van der Waals surface area contributed by atoms with Crippen LogP contribution in [0.25, 0.3) is 0 Å². The second kappa shape index (κ2) is 9.40. The lowest BCUT2D eigenvalue weighted by Gasteiger charge is -2.27. The van der Waals surface area contributed by atoms with Gasteiger partial charge in [0.2, 0.25) is 10.0 Å². The zero-order valence-corrected chi connectivity index (χ0v) is 20.5. The first kappa shape index (κ1) is 22.9. The molecule has 0 bridgehead atoms. The molecule has 2 aliphatic rings. The van der Waals surface area contributed by atoms with Crippen molar-refractivity contribution in [2.24, 2.45) is 0 Å². The summed E-state index contributed by atoms with van der Waals surface area (Å²) in [5.41, 5.74) is 2.26. The van der Waals surface area contributed by atoms with Crippen LogP contribution in [0.15, 0.2) is 58.8 Å². The second-order valence-electron chi connectivity index (χ2n) is 8.25. The molecule has 0 radical (unpaired) electrons. The van der Waals surface area contributed by atoms with Crippen molar-refractivity contribution in [3.63, 3.8) is 0 Å². The summed E-state index contributed by atoms with van der Waals surface area (Å²) in [6.45, 7) is 4.47. The Morgan fingerprint density at radius 3 is 2.79 bits per heavy atom. The average molecular weight is 499 g/mol. The van der Waals surface area contributed by atoms with Crippen molar-refractivity contribution < 1.29 is 22.7 Å². The number of carbonyl (C=O) groups excluding carboxylic acids is 1. The van der Waals surface area contributed by atoms with Crippen LogP contribution in [-0.4, -0.2) is 49.8 Å². The van der Waals surface area contributed by atoms with Crippen molar-refractivity contribution in [1.82, 2.24) is 9.21 Å². The quantitative estimate of drug-likeness (QED) is 0.515. The molecular formula is C25H26N2O5S2. The van der Waals surface area contributed by atoms with Crippen LogP contribution in [-0.2, 0) is 29.5 Å². The Bertz CT molecular complexity index is 1320. The minimum absolute atomic E-state index is 0.141. The fourth-order valence-corrected chi connectivity index (χ4v) is 6.70. The van der Waals surface area contributed by atoms with Gasteiger partial charge < -0.3 is 14.4 Å². The first-order valence-electron chi connectivity index (χ1n) is 11.3. The van der Waals surface area contributed by atoms with Crippen LogP contribution in [0, 0.1) is 0 Å². The normalized spacial score (nSPS) is 15.6. The molecular weight excluding hydrogens is 472 g/mol. The molecule has 2 aliphatic heterocycles. The van der Waals surface area contributed by atoms with Crippen molar-refractivity contribution in [3.05, 3.63) is 75.5 Å². The molecule has 1 aromatic heterocycles. The predicted molar refractivity (Wildman–Crippen MR) is 130 cm³/mol. The van der Waals surface area contributed by atoms with E-state index in [1.165, 1.54) is 15.2 Å². The van der Waals surface area contributed by atoms with Gasteiger partial charge in [0.05, 0.1) is 4.90 Å². The predicted octanol–water partition coefficient (Wildman–Crippen LogP) is 3.93. The van der Waals surface area contributed by atoms with Gasteiger partial charge in [-0.25, -0.2) is 8.42 Å². The van der Waals surface area contributed by atoms with Gasteiger partial charge in [0.15, 0.2) is 11.5 Å². The van der Waals surface area contributed by atoms with Gasteiger partial charge >= 0.3 is 0 Å². The molecule has 2 aromatic carbocycles. The van der Waals surface area contributed by atoms with E-state index in [0.29, 0.717) is 62.9 Å². The largest absolute Gasteiger partial charge is 0.486 e. The third-order valence-electron chi connectivity index (χ3n) is 6.17. The zero-order valence-electron chi connectivity index (χ0n) is 18.9. The molecule has 0 spiro atoms. The monoisotopic (exact) mass is 498 g/mol. The standard InChI is InChI=1S/C25H26N2O5S2/c1-2-26(16-20-6-4-8-22-24(20)32-13-12-31-22)25(28)18-5-3-7-21(15-18)34(29,30)27-11-9-23-19(17-27)10-14-33-23/h3-8,10,14-15H,2,9,11-13,16-17H2,1H3. The van der Waals surface area contributed by atoms with E-state index < -0.39 is 10.0 Å². The van der Waals surface area contributed by atoms with Gasteiger partial charge in [0.1, 0.15) is 13.2 Å². The summed E-state index contributed by atoms with van der Waals surface area (Å²) in [5.74, 6) is 1.11. The Morgan fingerprint density at radius 1 is 1.12 bits per heavy atom. The summed E-state index contributed by atoms with van der Waals surface area (Å²) in [6.07, 6.45) is 0.710. The molecule has 0 unspecified atom stereocenters. The first-order valence-corrected chi connectivity index (χ1v) is 13.6. The van der Waals surface area contributed by atoms with Crippen LogP contribution in [0.5, 0.6) is 11.5 Å². The number of carbonyl (C=O) groups is 1. The van der Waals surface area contributed by atoms with E-state index in [9.17, 15) is 13.2 Å². The Morgan fingerprint density at radius 2 is 1.94 bits per heavy atom. The SMILES string of the molecule is CCN(Cc1cccc2c1OCCO2)C(=O)c1cccc(S(=O)(=O)N2CCc3sccc3C2)c1. The third-order valence-corrected chi connectivity index (χ3v) is 9.03. The van der Waals surface area contributed by atoms with Crippen LogP contribution in [0.1, 0.15) is 33.3 Å². The number of amides is 1. The van der Waals surface area contributed by atoms with Crippen LogP contribution < -0.4 is 9.47 Å². The van der Waals surface area contributed by atoms with Crippen LogP contribution in [0.4, 0.5) is 0 Å². The number of nitrogens with zero attached hydrogens (tertiary/aromatic N) is 2. The molecule has 0 N–H and O–H groups in total. The summed E-state index contributed by atoms with van der Waals surface area (Å²) in [7, 11) is -3.71. The smallest absolute Gasteiger partial charge is 0.254 e. The maximum atomic E-state index is 13.4. The molecule has 0 saturated carbocycles. The van der Waals surface area contributed by atoms with Crippen molar-refractivity contribution >= 4 is 27.3 Å². The molecule has 0 saturated heterocycles. The number of fused-ring (bicyclic) bond motifs is 2. The van der Waals surface area contributed by atoms with E-state index in [2.05, 4.69) is 0 Å². The fraction of sp³-hybridized carbons (Fsp3) is 0.320. The highest BCUT2D eigenvalue weighted by molar-refractivity contribution is 7.89. The summed E-state index contributed by atoms with van der Waals surface area (Å²) in [4.78, 5) is 16.4. The zero-order chi connectivity index (χ0) is 23.7. The minimum atomic E-state index is -3.71. The molecule has 34 heavy (non-hydrogen) atoms. The lowest BCUT2D eigenvalue weighted by atomic mass is 10.1. The number of hydrogen-bond donors (Lipinski definition) is 0. The summed E-state index contributed by atoms with van der Waals surface area (Å²) in [5, 5.41) is 2.00. The van der Waals surface area contributed by atoms with Gasteiger partial charge in [-0.15, -0.1) is 11.3 Å². The van der Waals surface area contributed by atoms with E-state index >= 15 is 0 Å². The first-order chi connectivity index (χ1) is 16.5. The molecule has 3 heterocycles. The molecule has 0 atom stereocenters. The Labute approximate surface area is 203 Å². The average Bonchev–Trinajstić information content (AvgIpc) is 3.35. The topological polar surface area (TPSA) is 76.1 Å². The summed E-state index contributed by atoms with van der Waals surface area (Å²) < 4.78 is 39.7. The molecule has 178 valence electrons. The highest BCUT2D eigenvalue weighted by Gasteiger charge is 2.30. The number of ether oxygens (including phenoxy) is 2. The Kier molecular flexibility index (Phi) is 6.33. The molecule has 1 amide bonds. The van der Waals surface area contributed by atoms with Gasteiger partial charge in [-0.1, -0.05) is 18.2 Å². The number of sulfonamides is 1. The molecule has 9 heteroatoms. The molecule has 7 nitrogen and oxygen atoms in total. The van der Waals surface area contributed by atoms with E-state index in [4.69, 9.17) is 9.47 Å². The van der Waals surface area contributed by atoms with Gasteiger partial charge in [-0.2, -0.15) is 4.31 Å². The van der Waals surface area contributed by atoms with Gasteiger partial charge in [0, 0.05) is 42.2 Å². The van der Waals surface area contributed by atoms with Crippen molar-refractivity contribution in [1.29, 1.82) is 0 Å². The Hall–Kier alpha value is -2.88. The van der Waals surface area contributed by atoms with Crippen molar-refractivity contribution in [2.75, 3.05) is 26.3 Å². The van der Waals surface area contributed by atoms with Crippen LogP contribution in [0.2, 0.25) is 0 Å². The van der Waals surface area contributed by atoms with E-state index in [0.717, 1.165) is 11.1 Å². The van der Waals surface area contributed by atoms with Gasteiger partial charge in [-0.05, 0) is 54.6 Å². The minimum Gasteiger partial charge on any atom is -0.486 e. The fourth-order valence-electron chi connectivity index (χ4n) is 4.34. The van der Waals surface area contributed by atoms with Crippen molar-refractivity contribution in [3.8, 4) is 11.5 Å². The van der Waals surface area contributed by atoms with E-state index in [1.54, 1.807) is 34.4 Å². The highest BCUT2D eigenvalue weighted by Crippen LogP contribution is 2.34. The number of benzene rings is 2. The lowest BCUT2D eigenvalue weighted by molar-refractivity contribution is 0.0749. The summed E-state index contributed by atoms with van der Waals surface area (Å²) >= 11 is 1.67. The number of para-hydroxylation sites is 1. The van der Waals surface area contributed by atoms with Crippen LogP contribution in [0.3, 0.4) is 0 Å². The second-order valence-corrected chi connectivity index (χ2v) is 11.2. The third kappa shape index (κ3) is 4.31. The lowest BCUT2D eigenvalue weighted by Crippen LogP contribution is -2.35. The molecule has 5 rings (SSSR count). The highest BCUT2D eigenvalue weighted by atomic mass is 32.2. The van der Waals surface area contributed by atoms with E-state index in [1.807, 2.05) is 36.6 Å². The molecule has 0 aliphatic carbocycles. The number of thiophene rings is 1. The maximum Gasteiger partial charge on any atom is 0.254 e. The maximum absolute atomic E-state index is 13.4. The van der Waals surface area contributed by atoms with E-state index in [-0.39, 0.29) is 10.8 Å². The Balaban J connectivity index is 1.38. The van der Waals surface area contributed by atoms with Crippen LogP contribution >= 0.6 is 11.3 Å². The summed E-state index contributed by atoms with van der Waals surface area (Å²) in [6, 6.07) is 14.0. The molecule has 3 aromatic rings. The number of hydrogen-bond acceptors (Lipinski definition) is 6.